The molecule has 0 saturated carbocycles. The molecule has 0 atom stereocenters. The van der Waals surface area contributed by atoms with Crippen LogP contribution in [0.4, 0.5) is 0 Å². The molecule has 0 radical (unpaired) electrons. The van der Waals surface area contributed by atoms with Gasteiger partial charge in [0, 0.05) is 11.6 Å². The van der Waals surface area contributed by atoms with Gasteiger partial charge in [0.05, 0.1) is 6.61 Å². The number of hydrogen-bond acceptors (Lipinski definition) is 2. The van der Waals surface area contributed by atoms with E-state index < -0.39 is 5.97 Å². The zero-order chi connectivity index (χ0) is 23.0. The number of ether oxygens (including phenoxy) is 1. The largest absolute Gasteiger partial charge is 0.493 e. The second-order valence-corrected chi connectivity index (χ2v) is 9.27. The lowest BCUT2D eigenvalue weighted by atomic mass is 9.88. The summed E-state index contributed by atoms with van der Waals surface area (Å²) in [4.78, 5) is 10.9. The van der Waals surface area contributed by atoms with E-state index in [1.165, 1.54) is 46.8 Å². The fourth-order valence-corrected chi connectivity index (χ4v) is 4.08. The summed E-state index contributed by atoms with van der Waals surface area (Å²) in [6, 6.07) is 4.67. The molecule has 0 unspecified atom stereocenters. The Morgan fingerprint density at radius 3 is 2.48 bits per heavy atom. The number of unbranched alkanes of at least 4 members (excludes halogenated alkanes) is 2. The molecule has 170 valence electrons. The summed E-state index contributed by atoms with van der Waals surface area (Å²) < 4.78 is 6.46. The van der Waals surface area contributed by atoms with E-state index in [0.29, 0.717) is 11.8 Å². The molecule has 31 heavy (non-hydrogen) atoms. The molecule has 2 rings (SSSR count). The van der Waals surface area contributed by atoms with Crippen molar-refractivity contribution in [1.29, 1.82) is 0 Å². The minimum absolute atomic E-state index is 0.389. The summed E-state index contributed by atoms with van der Waals surface area (Å²) in [5.41, 5.74) is 7.29. The molecule has 1 aromatic carbocycles. The van der Waals surface area contributed by atoms with Crippen molar-refractivity contribution < 1.29 is 14.6 Å². The quantitative estimate of drug-likeness (QED) is 0.222. The van der Waals surface area contributed by atoms with E-state index in [4.69, 9.17) is 9.84 Å². The lowest BCUT2D eigenvalue weighted by molar-refractivity contribution is -0.131. The van der Waals surface area contributed by atoms with Crippen molar-refractivity contribution in [3.8, 4) is 5.75 Å². The Balaban J connectivity index is 2.56. The maximum atomic E-state index is 10.9. The van der Waals surface area contributed by atoms with Gasteiger partial charge in [-0.1, -0.05) is 65.7 Å². The van der Waals surface area contributed by atoms with Crippen molar-refractivity contribution in [2.75, 3.05) is 6.61 Å². The number of carboxylic acid groups (broad SMARTS) is 1. The molecule has 0 aromatic heterocycles. The van der Waals surface area contributed by atoms with Gasteiger partial charge in [0.1, 0.15) is 5.75 Å². The molecule has 0 saturated heterocycles. The second kappa shape index (κ2) is 11.9. The molecule has 3 nitrogen and oxygen atoms in total. The highest BCUT2D eigenvalue weighted by Gasteiger charge is 2.23. The van der Waals surface area contributed by atoms with Gasteiger partial charge in [-0.3, -0.25) is 0 Å². The standard InChI is InChI=1S/C28H40O3/c1-7-8-9-15-31-28-25(20(4)5)17-23(19(2)3)18-26(28)24-12-10-11-22(24)14-13-21(6)16-27(29)30/h13-14,16-20H,7-12,15H2,1-6H3,(H,29,30)/b14-13+,21-16+. The first-order valence-corrected chi connectivity index (χ1v) is 11.9. The fourth-order valence-electron chi connectivity index (χ4n) is 4.08. The number of hydrogen-bond donors (Lipinski definition) is 1. The van der Waals surface area contributed by atoms with Crippen molar-refractivity contribution >= 4 is 11.5 Å². The van der Waals surface area contributed by atoms with Crippen LogP contribution in [0.5, 0.6) is 5.75 Å². The summed E-state index contributed by atoms with van der Waals surface area (Å²) >= 11 is 0. The summed E-state index contributed by atoms with van der Waals surface area (Å²) in [7, 11) is 0. The molecule has 0 amide bonds. The predicted molar refractivity (Wildman–Crippen MR) is 131 cm³/mol. The zero-order valence-corrected chi connectivity index (χ0v) is 20.3. The Labute approximate surface area is 188 Å². The number of carbonyl (C=O) groups is 1. The van der Waals surface area contributed by atoms with Crippen molar-refractivity contribution in [3.63, 3.8) is 0 Å². The Kier molecular flexibility index (Phi) is 9.61. The maximum absolute atomic E-state index is 10.9. The number of carboxylic acids is 1. The minimum atomic E-state index is -0.906. The van der Waals surface area contributed by atoms with Crippen LogP contribution in [0.2, 0.25) is 0 Å². The lowest BCUT2D eigenvalue weighted by Gasteiger charge is -2.22. The molecule has 1 aromatic rings. The van der Waals surface area contributed by atoms with Crippen molar-refractivity contribution in [2.24, 2.45) is 0 Å². The first kappa shape index (κ1) is 25.0. The van der Waals surface area contributed by atoms with E-state index in [0.717, 1.165) is 43.6 Å². The molecule has 1 aliphatic rings. The van der Waals surface area contributed by atoms with Gasteiger partial charge in [-0.15, -0.1) is 0 Å². The van der Waals surface area contributed by atoms with Gasteiger partial charge >= 0.3 is 5.97 Å². The molecule has 1 N–H and O–H groups in total. The summed E-state index contributed by atoms with van der Waals surface area (Å²) in [6.07, 6.45) is 11.9. The number of aliphatic carboxylic acids is 1. The zero-order valence-electron chi connectivity index (χ0n) is 20.3. The monoisotopic (exact) mass is 424 g/mol. The third-order valence-electron chi connectivity index (χ3n) is 5.91. The first-order chi connectivity index (χ1) is 14.7. The predicted octanol–water partition coefficient (Wildman–Crippen LogP) is 8.03. The van der Waals surface area contributed by atoms with E-state index in [2.05, 4.69) is 52.8 Å². The van der Waals surface area contributed by atoms with Crippen LogP contribution in [0.3, 0.4) is 0 Å². The molecular weight excluding hydrogens is 384 g/mol. The van der Waals surface area contributed by atoms with Crippen LogP contribution in [0.15, 0.2) is 41.5 Å². The number of benzene rings is 1. The molecule has 0 spiro atoms. The minimum Gasteiger partial charge on any atom is -0.493 e. The number of allylic oxidation sites excluding steroid dienone is 5. The Morgan fingerprint density at radius 1 is 1.13 bits per heavy atom. The van der Waals surface area contributed by atoms with Gasteiger partial charge in [-0.2, -0.15) is 0 Å². The molecular formula is C28H40O3. The summed E-state index contributed by atoms with van der Waals surface area (Å²) in [5.74, 6) is 0.986. The van der Waals surface area contributed by atoms with Crippen LogP contribution in [0.1, 0.15) is 109 Å². The Bertz CT molecular complexity index is 853. The van der Waals surface area contributed by atoms with Crippen LogP contribution in [-0.4, -0.2) is 17.7 Å². The van der Waals surface area contributed by atoms with Crippen molar-refractivity contribution in [3.05, 3.63) is 58.2 Å². The average molecular weight is 425 g/mol. The number of rotatable bonds is 11. The van der Waals surface area contributed by atoms with Crippen LogP contribution < -0.4 is 4.74 Å². The Hall–Kier alpha value is -2.29. The summed E-state index contributed by atoms with van der Waals surface area (Å²) in [5, 5.41) is 8.99. The molecule has 0 heterocycles. The van der Waals surface area contributed by atoms with Gasteiger partial charge < -0.3 is 9.84 Å². The van der Waals surface area contributed by atoms with Gasteiger partial charge in [0.25, 0.3) is 0 Å². The lowest BCUT2D eigenvalue weighted by Crippen LogP contribution is -2.06. The molecule has 3 heteroatoms. The third kappa shape index (κ3) is 7.12. The van der Waals surface area contributed by atoms with Gasteiger partial charge in [0.15, 0.2) is 0 Å². The smallest absolute Gasteiger partial charge is 0.328 e. The van der Waals surface area contributed by atoms with Crippen LogP contribution >= 0.6 is 0 Å². The third-order valence-corrected chi connectivity index (χ3v) is 5.91. The first-order valence-electron chi connectivity index (χ1n) is 11.9. The van der Waals surface area contributed by atoms with Gasteiger partial charge in [-0.25, -0.2) is 4.79 Å². The highest BCUT2D eigenvalue weighted by Crippen LogP contribution is 2.43. The highest BCUT2D eigenvalue weighted by atomic mass is 16.5. The fraction of sp³-hybridized carbons (Fsp3) is 0.536. The SMILES string of the molecule is CCCCCOc1c(C2=C(/C=C/C(C)=C/C(=O)O)CCC2)cc(C(C)C)cc1C(C)C. The average Bonchev–Trinajstić information content (AvgIpc) is 3.17. The van der Waals surface area contributed by atoms with E-state index in [1.807, 2.05) is 13.0 Å². The Morgan fingerprint density at radius 2 is 1.87 bits per heavy atom. The molecule has 0 fully saturated rings. The van der Waals surface area contributed by atoms with Gasteiger partial charge in [-0.05, 0) is 78.4 Å². The molecule has 1 aliphatic carbocycles. The van der Waals surface area contributed by atoms with Crippen LogP contribution in [0.25, 0.3) is 5.57 Å². The maximum Gasteiger partial charge on any atom is 0.328 e. The van der Waals surface area contributed by atoms with Crippen LogP contribution in [0, 0.1) is 0 Å². The van der Waals surface area contributed by atoms with Gasteiger partial charge in [0.2, 0.25) is 0 Å². The topological polar surface area (TPSA) is 46.5 Å². The summed E-state index contributed by atoms with van der Waals surface area (Å²) in [6.45, 7) is 13.8. The molecule has 0 aliphatic heterocycles. The highest BCUT2D eigenvalue weighted by molar-refractivity contribution is 5.81. The van der Waals surface area contributed by atoms with E-state index in [-0.39, 0.29) is 0 Å². The normalized spacial score (nSPS) is 15.0. The van der Waals surface area contributed by atoms with Crippen LogP contribution in [-0.2, 0) is 4.79 Å². The van der Waals surface area contributed by atoms with Crippen molar-refractivity contribution in [2.45, 2.75) is 91.9 Å². The van der Waals surface area contributed by atoms with E-state index in [9.17, 15) is 4.79 Å². The second-order valence-electron chi connectivity index (χ2n) is 9.27. The van der Waals surface area contributed by atoms with E-state index >= 15 is 0 Å². The molecule has 0 bridgehead atoms. The van der Waals surface area contributed by atoms with Crippen molar-refractivity contribution in [1.82, 2.24) is 0 Å². The van der Waals surface area contributed by atoms with E-state index in [1.54, 1.807) is 0 Å².